The molecule has 2 N–H and O–H groups in total. The number of piperidine rings is 1. The molecule has 2 fully saturated rings. The number of rotatable bonds is 1. The zero-order chi connectivity index (χ0) is 14.3. The number of carbonyl (C=O) groups is 2. The molecule has 2 unspecified atom stereocenters. The Balaban J connectivity index is 1.90. The molecule has 0 aliphatic carbocycles. The van der Waals surface area contributed by atoms with E-state index in [0.717, 1.165) is 17.3 Å². The average Bonchev–Trinajstić information content (AvgIpc) is 2.83. The Morgan fingerprint density at radius 2 is 2.25 bits per heavy atom. The first-order chi connectivity index (χ1) is 9.58. The molecule has 106 valence electrons. The lowest BCUT2D eigenvalue weighted by atomic mass is 9.91. The molecule has 2 atom stereocenters. The Morgan fingerprint density at radius 1 is 1.45 bits per heavy atom. The normalized spacial score (nSPS) is 25.2. The summed E-state index contributed by atoms with van der Waals surface area (Å²) in [7, 11) is 0. The van der Waals surface area contributed by atoms with Gasteiger partial charge in [-0.25, -0.2) is 0 Å². The number of hydrogen-bond donors (Lipinski definition) is 2. The molecule has 0 radical (unpaired) electrons. The fourth-order valence-corrected chi connectivity index (χ4v) is 3.40. The molecule has 0 spiro atoms. The number of amides is 2. The highest BCUT2D eigenvalue weighted by atomic mass is 79.9. The van der Waals surface area contributed by atoms with E-state index in [1.165, 1.54) is 6.07 Å². The van der Waals surface area contributed by atoms with E-state index < -0.39 is 0 Å². The molecular weight excluding hydrogens is 324 g/mol. The van der Waals surface area contributed by atoms with Crippen LogP contribution < -0.4 is 5.32 Å². The van der Waals surface area contributed by atoms with Gasteiger partial charge in [0, 0.05) is 17.6 Å². The Hall–Kier alpha value is -1.56. The monoisotopic (exact) mass is 338 g/mol. The third-order valence-electron chi connectivity index (χ3n) is 4.05. The van der Waals surface area contributed by atoms with Gasteiger partial charge in [-0.05, 0) is 31.0 Å². The molecular formula is C14H15BrN2O3. The quantitative estimate of drug-likeness (QED) is 0.815. The van der Waals surface area contributed by atoms with Crippen molar-refractivity contribution in [3.05, 3.63) is 28.2 Å². The first-order valence-electron chi connectivity index (χ1n) is 6.65. The third kappa shape index (κ3) is 2.18. The number of fused-ring (bicyclic) bond motifs is 1. The van der Waals surface area contributed by atoms with Crippen molar-refractivity contribution in [2.45, 2.75) is 18.9 Å². The summed E-state index contributed by atoms with van der Waals surface area (Å²) in [6, 6.07) is 4.70. The molecule has 3 rings (SSSR count). The standard InChI is InChI=1S/C14H15BrN2O3/c15-8-3-4-12(18)10(6-8)14(20)17-5-1-2-9-11(17)7-16-13(9)19/h3-4,6,9,11,18H,1-2,5,7H2,(H,16,19). The largest absolute Gasteiger partial charge is 0.507 e. The second kappa shape index (κ2) is 5.09. The number of halogens is 1. The smallest absolute Gasteiger partial charge is 0.257 e. The second-order valence-corrected chi connectivity index (χ2v) is 6.14. The lowest BCUT2D eigenvalue weighted by Crippen LogP contribution is -2.48. The number of hydrogen-bond acceptors (Lipinski definition) is 3. The predicted octanol–water partition coefficient (Wildman–Crippen LogP) is 1.51. The van der Waals surface area contributed by atoms with Crippen molar-refractivity contribution in [2.75, 3.05) is 13.1 Å². The van der Waals surface area contributed by atoms with E-state index in [1.807, 2.05) is 0 Å². The number of nitrogens with one attached hydrogen (secondary N) is 1. The summed E-state index contributed by atoms with van der Waals surface area (Å²) in [6.07, 6.45) is 1.64. The van der Waals surface area contributed by atoms with Crippen LogP contribution in [-0.2, 0) is 4.79 Å². The van der Waals surface area contributed by atoms with Crippen LogP contribution in [-0.4, -0.2) is 41.0 Å². The SMILES string of the molecule is O=C1NCC2C1CCCN2C(=O)c1cc(Br)ccc1O. The van der Waals surface area contributed by atoms with Crippen LogP contribution in [0.25, 0.3) is 0 Å². The van der Waals surface area contributed by atoms with Crippen molar-refractivity contribution in [1.82, 2.24) is 10.2 Å². The van der Waals surface area contributed by atoms with Gasteiger partial charge in [-0.1, -0.05) is 15.9 Å². The van der Waals surface area contributed by atoms with Gasteiger partial charge in [0.2, 0.25) is 5.91 Å². The van der Waals surface area contributed by atoms with Gasteiger partial charge in [-0.15, -0.1) is 0 Å². The van der Waals surface area contributed by atoms with Crippen molar-refractivity contribution in [1.29, 1.82) is 0 Å². The molecule has 1 aromatic carbocycles. The minimum absolute atomic E-state index is 0.0300. The Bertz CT molecular complexity index is 576. The molecule has 0 bridgehead atoms. The van der Waals surface area contributed by atoms with Crippen molar-refractivity contribution in [2.24, 2.45) is 5.92 Å². The fourth-order valence-electron chi connectivity index (χ4n) is 3.04. The average molecular weight is 339 g/mol. The number of aromatic hydroxyl groups is 1. The molecule has 2 aliphatic rings. The first-order valence-corrected chi connectivity index (χ1v) is 7.44. The second-order valence-electron chi connectivity index (χ2n) is 5.22. The summed E-state index contributed by atoms with van der Waals surface area (Å²) >= 11 is 3.31. The van der Waals surface area contributed by atoms with Crippen LogP contribution >= 0.6 is 15.9 Å². The highest BCUT2D eigenvalue weighted by molar-refractivity contribution is 9.10. The van der Waals surface area contributed by atoms with E-state index in [4.69, 9.17) is 0 Å². The maximum atomic E-state index is 12.6. The lowest BCUT2D eigenvalue weighted by molar-refractivity contribution is -0.123. The van der Waals surface area contributed by atoms with Gasteiger partial charge in [0.1, 0.15) is 5.75 Å². The number of benzene rings is 1. The van der Waals surface area contributed by atoms with Gasteiger partial charge in [0.05, 0.1) is 17.5 Å². The molecule has 5 nitrogen and oxygen atoms in total. The number of phenolic OH excluding ortho intramolecular Hbond substituents is 1. The summed E-state index contributed by atoms with van der Waals surface area (Å²) in [5.41, 5.74) is 0.277. The van der Waals surface area contributed by atoms with E-state index in [0.29, 0.717) is 13.1 Å². The summed E-state index contributed by atoms with van der Waals surface area (Å²) in [5.74, 6) is -0.319. The Morgan fingerprint density at radius 3 is 3.05 bits per heavy atom. The maximum absolute atomic E-state index is 12.6. The van der Waals surface area contributed by atoms with Gasteiger partial charge in [-0.3, -0.25) is 9.59 Å². The molecule has 0 aromatic heterocycles. The molecule has 2 saturated heterocycles. The van der Waals surface area contributed by atoms with Crippen molar-refractivity contribution in [3.63, 3.8) is 0 Å². The van der Waals surface area contributed by atoms with Crippen LogP contribution in [0.2, 0.25) is 0 Å². The van der Waals surface area contributed by atoms with Crippen LogP contribution in [0.1, 0.15) is 23.2 Å². The minimum Gasteiger partial charge on any atom is -0.507 e. The van der Waals surface area contributed by atoms with Gasteiger partial charge in [-0.2, -0.15) is 0 Å². The molecule has 20 heavy (non-hydrogen) atoms. The molecule has 1 aromatic rings. The van der Waals surface area contributed by atoms with E-state index in [9.17, 15) is 14.7 Å². The maximum Gasteiger partial charge on any atom is 0.257 e. The topological polar surface area (TPSA) is 69.6 Å². The number of nitrogens with zero attached hydrogens (tertiary/aromatic N) is 1. The number of likely N-dealkylation sites (tertiary alicyclic amines) is 1. The van der Waals surface area contributed by atoms with Gasteiger partial charge in [0.15, 0.2) is 0 Å². The van der Waals surface area contributed by atoms with Gasteiger partial charge < -0.3 is 15.3 Å². The van der Waals surface area contributed by atoms with Crippen LogP contribution in [0.4, 0.5) is 0 Å². The zero-order valence-electron chi connectivity index (χ0n) is 10.8. The van der Waals surface area contributed by atoms with Crippen molar-refractivity contribution >= 4 is 27.7 Å². The van der Waals surface area contributed by atoms with Crippen LogP contribution in [0, 0.1) is 5.92 Å². The molecule has 0 saturated carbocycles. The van der Waals surface area contributed by atoms with E-state index in [-0.39, 0.29) is 35.1 Å². The van der Waals surface area contributed by atoms with Crippen LogP contribution in [0.3, 0.4) is 0 Å². The molecule has 2 amide bonds. The van der Waals surface area contributed by atoms with Crippen LogP contribution in [0.5, 0.6) is 5.75 Å². The van der Waals surface area contributed by atoms with Gasteiger partial charge >= 0.3 is 0 Å². The first kappa shape index (κ1) is 13.4. The fraction of sp³-hybridized carbons (Fsp3) is 0.429. The van der Waals surface area contributed by atoms with E-state index in [2.05, 4.69) is 21.2 Å². The Kier molecular flexibility index (Phi) is 3.41. The molecule has 6 heteroatoms. The van der Waals surface area contributed by atoms with E-state index >= 15 is 0 Å². The number of phenols is 1. The lowest BCUT2D eigenvalue weighted by Gasteiger charge is -2.36. The summed E-state index contributed by atoms with van der Waals surface area (Å²) in [5, 5.41) is 12.7. The number of carbonyl (C=O) groups excluding carboxylic acids is 2. The van der Waals surface area contributed by atoms with Crippen molar-refractivity contribution in [3.8, 4) is 5.75 Å². The van der Waals surface area contributed by atoms with E-state index in [1.54, 1.807) is 17.0 Å². The minimum atomic E-state index is -0.213. The third-order valence-corrected chi connectivity index (χ3v) is 4.54. The van der Waals surface area contributed by atoms with Gasteiger partial charge in [0.25, 0.3) is 5.91 Å². The molecule has 2 heterocycles. The van der Waals surface area contributed by atoms with Crippen LogP contribution in [0.15, 0.2) is 22.7 Å². The zero-order valence-corrected chi connectivity index (χ0v) is 12.4. The van der Waals surface area contributed by atoms with Crippen molar-refractivity contribution < 1.29 is 14.7 Å². The highest BCUT2D eigenvalue weighted by Crippen LogP contribution is 2.31. The summed E-state index contributed by atoms with van der Waals surface area (Å²) in [4.78, 5) is 26.1. The summed E-state index contributed by atoms with van der Waals surface area (Å²) in [6.45, 7) is 1.13. The predicted molar refractivity (Wildman–Crippen MR) is 76.4 cm³/mol. The Labute approximate surface area is 125 Å². The molecule has 2 aliphatic heterocycles. The highest BCUT2D eigenvalue weighted by Gasteiger charge is 2.43. The summed E-state index contributed by atoms with van der Waals surface area (Å²) < 4.78 is 0.743.